The molecule has 1 atom stereocenters. The van der Waals surface area contributed by atoms with Crippen LogP contribution in [0.4, 0.5) is 0 Å². The first-order valence-corrected chi connectivity index (χ1v) is 6.19. The number of aryl methyl sites for hydroxylation is 1. The highest BCUT2D eigenvalue weighted by Gasteiger charge is 2.10. The summed E-state index contributed by atoms with van der Waals surface area (Å²) in [7, 11) is 0. The zero-order valence-electron chi connectivity index (χ0n) is 8.79. The first-order valence-electron chi connectivity index (χ1n) is 4.80. The van der Waals surface area contributed by atoms with Gasteiger partial charge in [0.2, 0.25) is 0 Å². The Morgan fingerprint density at radius 2 is 2.14 bits per heavy atom. The topological polar surface area (TPSA) is 38.0 Å². The maximum atomic E-state index is 5.56. The van der Waals surface area contributed by atoms with Crippen molar-refractivity contribution in [3.05, 3.63) is 35.4 Å². The van der Waals surface area contributed by atoms with Gasteiger partial charge in [0.1, 0.15) is 0 Å². The fourth-order valence-electron chi connectivity index (χ4n) is 1.54. The van der Waals surface area contributed by atoms with Crippen LogP contribution in [0, 0.1) is 6.92 Å². The Morgan fingerprint density at radius 3 is 2.71 bits per heavy atom. The summed E-state index contributed by atoms with van der Waals surface area (Å²) in [6.07, 6.45) is 3.19. The van der Waals surface area contributed by atoms with E-state index in [1.807, 2.05) is 11.8 Å². The van der Waals surface area contributed by atoms with Crippen LogP contribution >= 0.6 is 11.8 Å². The Labute approximate surface area is 90.2 Å². The van der Waals surface area contributed by atoms with Gasteiger partial charge in [0, 0.05) is 6.04 Å². The fraction of sp³-hybridized carbons (Fsp3) is 0.455. The quantitative estimate of drug-likeness (QED) is 0.578. The standard InChI is InChI=1S/C11H18N2S/c1-9-5-3-4-6-10(9)11(13-12)7-8-14-2/h3-6,11,13H,7-8,12H2,1-2H3. The van der Waals surface area contributed by atoms with Gasteiger partial charge in [-0.25, -0.2) is 0 Å². The molecule has 1 aromatic rings. The van der Waals surface area contributed by atoms with Gasteiger partial charge in [0.15, 0.2) is 0 Å². The summed E-state index contributed by atoms with van der Waals surface area (Å²) in [5, 5.41) is 0. The molecule has 0 heterocycles. The number of nitrogens with one attached hydrogen (secondary N) is 1. The molecule has 0 fully saturated rings. The molecule has 0 aliphatic carbocycles. The van der Waals surface area contributed by atoms with Crippen molar-refractivity contribution in [1.82, 2.24) is 5.43 Å². The highest BCUT2D eigenvalue weighted by molar-refractivity contribution is 7.98. The van der Waals surface area contributed by atoms with Crippen molar-refractivity contribution in [3.63, 3.8) is 0 Å². The second-order valence-corrected chi connectivity index (χ2v) is 4.34. The molecule has 78 valence electrons. The third kappa shape index (κ3) is 3.01. The maximum Gasteiger partial charge on any atom is 0.0470 e. The molecule has 0 saturated heterocycles. The van der Waals surface area contributed by atoms with Crippen molar-refractivity contribution >= 4 is 11.8 Å². The highest BCUT2D eigenvalue weighted by atomic mass is 32.2. The van der Waals surface area contributed by atoms with Crippen LogP contribution in [0.15, 0.2) is 24.3 Å². The van der Waals surface area contributed by atoms with Crippen LogP contribution < -0.4 is 11.3 Å². The van der Waals surface area contributed by atoms with Crippen LogP contribution in [0.1, 0.15) is 23.6 Å². The Morgan fingerprint density at radius 1 is 1.43 bits per heavy atom. The minimum absolute atomic E-state index is 0.281. The fourth-order valence-corrected chi connectivity index (χ4v) is 2.01. The molecule has 1 rings (SSSR count). The van der Waals surface area contributed by atoms with Crippen LogP contribution in [-0.4, -0.2) is 12.0 Å². The number of hydrogen-bond acceptors (Lipinski definition) is 3. The number of hydrazine groups is 1. The zero-order chi connectivity index (χ0) is 10.4. The normalized spacial score (nSPS) is 12.8. The van der Waals surface area contributed by atoms with E-state index in [1.165, 1.54) is 11.1 Å². The second-order valence-electron chi connectivity index (χ2n) is 3.36. The zero-order valence-corrected chi connectivity index (χ0v) is 9.60. The van der Waals surface area contributed by atoms with Gasteiger partial charge in [-0.15, -0.1) is 0 Å². The minimum atomic E-state index is 0.281. The number of rotatable bonds is 5. The van der Waals surface area contributed by atoms with Gasteiger partial charge in [-0.05, 0) is 36.5 Å². The van der Waals surface area contributed by atoms with Gasteiger partial charge in [-0.3, -0.25) is 11.3 Å². The van der Waals surface area contributed by atoms with Crippen molar-refractivity contribution in [2.24, 2.45) is 5.84 Å². The lowest BCUT2D eigenvalue weighted by molar-refractivity contribution is 0.540. The summed E-state index contributed by atoms with van der Waals surface area (Å²) in [5.41, 5.74) is 5.49. The first kappa shape index (κ1) is 11.6. The van der Waals surface area contributed by atoms with Crippen molar-refractivity contribution in [2.75, 3.05) is 12.0 Å². The Kier molecular flexibility index (Phi) is 5.01. The van der Waals surface area contributed by atoms with E-state index in [9.17, 15) is 0 Å². The van der Waals surface area contributed by atoms with E-state index in [1.54, 1.807) is 0 Å². The van der Waals surface area contributed by atoms with Crippen LogP contribution in [0.2, 0.25) is 0 Å². The SMILES string of the molecule is CSCCC(NN)c1ccccc1C. The molecular weight excluding hydrogens is 192 g/mol. The molecule has 0 spiro atoms. The molecule has 0 aromatic heterocycles. The predicted octanol–water partition coefficient (Wildman–Crippen LogP) is 2.25. The van der Waals surface area contributed by atoms with E-state index < -0.39 is 0 Å². The Bertz CT molecular complexity index is 276. The van der Waals surface area contributed by atoms with E-state index >= 15 is 0 Å². The Hall–Kier alpha value is -0.510. The van der Waals surface area contributed by atoms with Crippen LogP contribution in [0.5, 0.6) is 0 Å². The first-order chi connectivity index (χ1) is 6.79. The lowest BCUT2D eigenvalue weighted by Crippen LogP contribution is -2.28. The number of benzene rings is 1. The van der Waals surface area contributed by atoms with Gasteiger partial charge >= 0.3 is 0 Å². The van der Waals surface area contributed by atoms with Gasteiger partial charge < -0.3 is 0 Å². The van der Waals surface area contributed by atoms with Crippen molar-refractivity contribution in [3.8, 4) is 0 Å². The molecule has 0 aliphatic rings. The van der Waals surface area contributed by atoms with Gasteiger partial charge in [-0.2, -0.15) is 11.8 Å². The number of nitrogens with two attached hydrogens (primary N) is 1. The van der Waals surface area contributed by atoms with E-state index in [2.05, 4.69) is 42.9 Å². The Balaban J connectivity index is 2.73. The molecule has 3 heteroatoms. The molecule has 14 heavy (non-hydrogen) atoms. The third-order valence-electron chi connectivity index (χ3n) is 2.38. The smallest absolute Gasteiger partial charge is 0.0470 e. The molecule has 0 aliphatic heterocycles. The summed E-state index contributed by atoms with van der Waals surface area (Å²) in [5.74, 6) is 6.68. The van der Waals surface area contributed by atoms with Crippen LogP contribution in [0.3, 0.4) is 0 Å². The second kappa shape index (κ2) is 6.06. The average molecular weight is 210 g/mol. The van der Waals surface area contributed by atoms with Crippen molar-refractivity contribution < 1.29 is 0 Å². The molecule has 0 amide bonds. The monoisotopic (exact) mass is 210 g/mol. The molecule has 0 saturated carbocycles. The maximum absolute atomic E-state index is 5.56. The summed E-state index contributed by atoms with van der Waals surface area (Å²) in [4.78, 5) is 0. The summed E-state index contributed by atoms with van der Waals surface area (Å²) in [6, 6.07) is 8.66. The van der Waals surface area contributed by atoms with Crippen molar-refractivity contribution in [1.29, 1.82) is 0 Å². The van der Waals surface area contributed by atoms with E-state index in [0.717, 1.165) is 12.2 Å². The molecule has 0 bridgehead atoms. The minimum Gasteiger partial charge on any atom is -0.271 e. The van der Waals surface area contributed by atoms with Gasteiger partial charge in [0.25, 0.3) is 0 Å². The number of hydrogen-bond donors (Lipinski definition) is 2. The van der Waals surface area contributed by atoms with E-state index in [4.69, 9.17) is 5.84 Å². The third-order valence-corrected chi connectivity index (χ3v) is 3.02. The lowest BCUT2D eigenvalue weighted by Gasteiger charge is -2.17. The molecule has 1 aromatic carbocycles. The van der Waals surface area contributed by atoms with E-state index in [0.29, 0.717) is 0 Å². The summed E-state index contributed by atoms with van der Waals surface area (Å²) >= 11 is 1.85. The molecule has 3 N–H and O–H groups in total. The lowest BCUT2D eigenvalue weighted by atomic mass is 10.0. The van der Waals surface area contributed by atoms with Crippen LogP contribution in [-0.2, 0) is 0 Å². The molecule has 0 radical (unpaired) electrons. The van der Waals surface area contributed by atoms with Crippen molar-refractivity contribution in [2.45, 2.75) is 19.4 Å². The summed E-state index contributed by atoms with van der Waals surface area (Å²) in [6.45, 7) is 2.12. The molecule has 1 unspecified atom stereocenters. The summed E-state index contributed by atoms with van der Waals surface area (Å²) < 4.78 is 0. The molecular formula is C11H18N2S. The highest BCUT2D eigenvalue weighted by Crippen LogP contribution is 2.20. The largest absolute Gasteiger partial charge is 0.271 e. The molecule has 2 nitrogen and oxygen atoms in total. The van der Waals surface area contributed by atoms with Gasteiger partial charge in [0.05, 0.1) is 0 Å². The predicted molar refractivity (Wildman–Crippen MR) is 64.2 cm³/mol. The van der Waals surface area contributed by atoms with Gasteiger partial charge in [-0.1, -0.05) is 24.3 Å². The average Bonchev–Trinajstić information content (AvgIpc) is 2.21. The number of thioether (sulfide) groups is 1. The van der Waals surface area contributed by atoms with E-state index in [-0.39, 0.29) is 6.04 Å². The van der Waals surface area contributed by atoms with Crippen LogP contribution in [0.25, 0.3) is 0 Å².